The van der Waals surface area contributed by atoms with Gasteiger partial charge in [-0.25, -0.2) is 4.98 Å². The molecule has 1 aromatic carbocycles. The van der Waals surface area contributed by atoms with Crippen LogP contribution in [0, 0.1) is 0 Å². The van der Waals surface area contributed by atoms with Crippen LogP contribution in [0.3, 0.4) is 0 Å². The van der Waals surface area contributed by atoms with E-state index in [1.807, 2.05) is 11.7 Å². The second-order valence-corrected chi connectivity index (χ2v) is 5.99. The van der Waals surface area contributed by atoms with Crippen molar-refractivity contribution >= 4 is 5.69 Å². The van der Waals surface area contributed by atoms with Crippen LogP contribution < -0.4 is 5.32 Å². The predicted molar refractivity (Wildman–Crippen MR) is 78.7 cm³/mol. The van der Waals surface area contributed by atoms with Gasteiger partial charge in [0.15, 0.2) is 5.82 Å². The zero-order chi connectivity index (χ0) is 13.5. The molecule has 1 atom stereocenters. The van der Waals surface area contributed by atoms with E-state index in [4.69, 9.17) is 4.98 Å². The molecule has 0 spiro atoms. The van der Waals surface area contributed by atoms with E-state index >= 15 is 0 Å². The van der Waals surface area contributed by atoms with E-state index in [0.29, 0.717) is 5.92 Å². The van der Waals surface area contributed by atoms with Crippen molar-refractivity contribution in [2.75, 3.05) is 5.32 Å². The molecule has 1 N–H and O–H groups in total. The molecule has 1 aromatic heterocycles. The lowest BCUT2D eigenvalue weighted by molar-refractivity contribution is 0.628. The van der Waals surface area contributed by atoms with Crippen molar-refractivity contribution in [2.24, 2.45) is 7.05 Å². The van der Waals surface area contributed by atoms with E-state index in [-0.39, 0.29) is 6.04 Å². The predicted octanol–water partition coefficient (Wildman–Crippen LogP) is 3.18. The van der Waals surface area contributed by atoms with Crippen LogP contribution in [0.15, 0.2) is 24.3 Å². The van der Waals surface area contributed by atoms with Crippen molar-refractivity contribution in [3.63, 3.8) is 0 Å². The van der Waals surface area contributed by atoms with Crippen molar-refractivity contribution in [1.82, 2.24) is 14.8 Å². The molecule has 2 aromatic rings. The van der Waals surface area contributed by atoms with Crippen LogP contribution in [0.25, 0.3) is 0 Å². The third-order valence-corrected chi connectivity index (χ3v) is 4.62. The van der Waals surface area contributed by atoms with Crippen LogP contribution in [-0.2, 0) is 13.5 Å². The van der Waals surface area contributed by atoms with Crippen molar-refractivity contribution in [3.8, 4) is 0 Å². The standard InChI is InChI=1S/C16H20N4/c1-20-16(18-15(19-20)11-6-2-3-7-11)14-10-12-8-4-5-9-13(12)17-14/h4-5,8-9,11,14,17H,2-3,6-7,10H2,1H3. The topological polar surface area (TPSA) is 42.7 Å². The highest BCUT2D eigenvalue weighted by molar-refractivity contribution is 5.57. The molecule has 0 amide bonds. The first kappa shape index (κ1) is 11.9. The Balaban J connectivity index is 1.61. The van der Waals surface area contributed by atoms with E-state index in [2.05, 4.69) is 34.7 Å². The van der Waals surface area contributed by atoms with Gasteiger partial charge in [0.25, 0.3) is 0 Å². The monoisotopic (exact) mass is 268 g/mol. The van der Waals surface area contributed by atoms with Gasteiger partial charge in [0.05, 0.1) is 6.04 Å². The van der Waals surface area contributed by atoms with Crippen molar-refractivity contribution < 1.29 is 0 Å². The molecule has 1 unspecified atom stereocenters. The number of nitrogens with one attached hydrogen (secondary N) is 1. The Kier molecular flexibility index (Phi) is 2.76. The van der Waals surface area contributed by atoms with Crippen LogP contribution >= 0.6 is 0 Å². The number of aryl methyl sites for hydroxylation is 1. The highest BCUT2D eigenvalue weighted by atomic mass is 15.3. The Labute approximate surface area is 119 Å². The molecule has 2 aliphatic rings. The lowest BCUT2D eigenvalue weighted by Crippen LogP contribution is -2.12. The molecule has 0 saturated heterocycles. The van der Waals surface area contributed by atoms with Gasteiger partial charge in [-0.3, -0.25) is 4.68 Å². The van der Waals surface area contributed by atoms with Crippen molar-refractivity contribution in [1.29, 1.82) is 0 Å². The Morgan fingerprint density at radius 3 is 2.80 bits per heavy atom. The van der Waals surface area contributed by atoms with Gasteiger partial charge in [0, 0.05) is 25.1 Å². The molecule has 4 rings (SSSR count). The molecule has 0 radical (unpaired) electrons. The molecule has 1 saturated carbocycles. The summed E-state index contributed by atoms with van der Waals surface area (Å²) in [5, 5.41) is 8.24. The highest BCUT2D eigenvalue weighted by Gasteiger charge is 2.28. The van der Waals surface area contributed by atoms with Gasteiger partial charge < -0.3 is 5.32 Å². The van der Waals surface area contributed by atoms with Crippen molar-refractivity contribution in [3.05, 3.63) is 41.5 Å². The molecule has 1 aliphatic heterocycles. The van der Waals surface area contributed by atoms with Crippen LogP contribution in [0.5, 0.6) is 0 Å². The van der Waals surface area contributed by atoms with Crippen LogP contribution in [0.2, 0.25) is 0 Å². The van der Waals surface area contributed by atoms with Gasteiger partial charge >= 0.3 is 0 Å². The first-order chi connectivity index (χ1) is 9.81. The SMILES string of the molecule is Cn1nc(C2CCCC2)nc1C1Cc2ccccc2N1. The molecular formula is C16H20N4. The zero-order valence-electron chi connectivity index (χ0n) is 11.8. The van der Waals surface area contributed by atoms with Gasteiger partial charge in [-0.05, 0) is 24.5 Å². The van der Waals surface area contributed by atoms with Gasteiger partial charge in [-0.2, -0.15) is 5.10 Å². The highest BCUT2D eigenvalue weighted by Crippen LogP contribution is 2.35. The number of hydrogen-bond acceptors (Lipinski definition) is 3. The number of nitrogens with zero attached hydrogens (tertiary/aromatic N) is 3. The Morgan fingerprint density at radius 1 is 1.20 bits per heavy atom. The largest absolute Gasteiger partial charge is 0.375 e. The molecule has 4 nitrogen and oxygen atoms in total. The quantitative estimate of drug-likeness (QED) is 0.909. The maximum Gasteiger partial charge on any atom is 0.154 e. The maximum atomic E-state index is 4.85. The first-order valence-corrected chi connectivity index (χ1v) is 7.56. The van der Waals surface area contributed by atoms with E-state index < -0.39 is 0 Å². The fraction of sp³-hybridized carbons (Fsp3) is 0.500. The lowest BCUT2D eigenvalue weighted by atomic mass is 10.1. The molecule has 1 aliphatic carbocycles. The van der Waals surface area contributed by atoms with Gasteiger partial charge in [-0.15, -0.1) is 0 Å². The van der Waals surface area contributed by atoms with Crippen molar-refractivity contribution in [2.45, 2.75) is 44.1 Å². The number of benzene rings is 1. The van der Waals surface area contributed by atoms with E-state index in [0.717, 1.165) is 18.1 Å². The summed E-state index contributed by atoms with van der Waals surface area (Å²) in [5.74, 6) is 2.71. The lowest BCUT2D eigenvalue weighted by Gasteiger charge is -2.09. The number of para-hydroxylation sites is 1. The van der Waals surface area contributed by atoms with Crippen LogP contribution in [0.1, 0.15) is 54.9 Å². The minimum Gasteiger partial charge on any atom is -0.375 e. The Bertz CT molecular complexity index is 600. The third-order valence-electron chi connectivity index (χ3n) is 4.62. The molecule has 4 heteroatoms. The first-order valence-electron chi connectivity index (χ1n) is 7.56. The number of hydrogen-bond donors (Lipinski definition) is 1. The van der Waals surface area contributed by atoms with E-state index in [1.54, 1.807) is 0 Å². The van der Waals surface area contributed by atoms with E-state index in [1.165, 1.54) is 36.9 Å². The summed E-state index contributed by atoms with van der Waals surface area (Å²) in [6.07, 6.45) is 6.16. The second-order valence-electron chi connectivity index (χ2n) is 5.99. The Hall–Kier alpha value is -1.84. The fourth-order valence-electron chi connectivity index (χ4n) is 3.53. The van der Waals surface area contributed by atoms with Crippen LogP contribution in [0.4, 0.5) is 5.69 Å². The summed E-state index contributed by atoms with van der Waals surface area (Å²) in [4.78, 5) is 4.85. The maximum absolute atomic E-state index is 4.85. The van der Waals surface area contributed by atoms with Crippen LogP contribution in [-0.4, -0.2) is 14.8 Å². The average Bonchev–Trinajstić information content (AvgIpc) is 3.16. The minimum atomic E-state index is 0.264. The summed E-state index contributed by atoms with van der Waals surface area (Å²) < 4.78 is 1.97. The summed E-state index contributed by atoms with van der Waals surface area (Å²) >= 11 is 0. The normalized spacial score (nSPS) is 21.9. The summed E-state index contributed by atoms with van der Waals surface area (Å²) in [6.45, 7) is 0. The third kappa shape index (κ3) is 1.90. The van der Waals surface area contributed by atoms with Gasteiger partial charge in [0.1, 0.15) is 5.82 Å². The van der Waals surface area contributed by atoms with Gasteiger partial charge in [-0.1, -0.05) is 31.0 Å². The number of aromatic nitrogens is 3. The second kappa shape index (κ2) is 4.62. The minimum absolute atomic E-state index is 0.264. The number of anilines is 1. The van der Waals surface area contributed by atoms with Gasteiger partial charge in [0.2, 0.25) is 0 Å². The molecule has 2 heterocycles. The van der Waals surface area contributed by atoms with E-state index in [9.17, 15) is 0 Å². The molecule has 0 bridgehead atoms. The molecule has 20 heavy (non-hydrogen) atoms. The molecular weight excluding hydrogens is 248 g/mol. The Morgan fingerprint density at radius 2 is 2.00 bits per heavy atom. The molecule has 1 fully saturated rings. The smallest absolute Gasteiger partial charge is 0.154 e. The number of rotatable bonds is 2. The summed E-state index contributed by atoms with van der Waals surface area (Å²) in [7, 11) is 2.02. The average molecular weight is 268 g/mol. The number of fused-ring (bicyclic) bond motifs is 1. The zero-order valence-corrected chi connectivity index (χ0v) is 11.8. The molecule has 104 valence electrons. The summed E-state index contributed by atoms with van der Waals surface area (Å²) in [5.41, 5.74) is 2.62. The summed E-state index contributed by atoms with van der Waals surface area (Å²) in [6, 6.07) is 8.78. The fourth-order valence-corrected chi connectivity index (χ4v) is 3.53.